The molecule has 2 N–H and O–H groups in total. The van der Waals surface area contributed by atoms with E-state index in [0.717, 1.165) is 5.56 Å². The van der Waals surface area contributed by atoms with Gasteiger partial charge in [-0.05, 0) is 11.1 Å². The molecule has 0 spiro atoms. The third-order valence-electron chi connectivity index (χ3n) is 3.67. The van der Waals surface area contributed by atoms with Crippen LogP contribution in [0.1, 0.15) is 11.1 Å². The highest BCUT2D eigenvalue weighted by atomic mass is 32.2. The van der Waals surface area contributed by atoms with Gasteiger partial charge in [-0.2, -0.15) is 13.2 Å². The summed E-state index contributed by atoms with van der Waals surface area (Å²) >= 11 is 0. The van der Waals surface area contributed by atoms with Gasteiger partial charge < -0.3 is 5.32 Å². The molecule has 0 aliphatic carbocycles. The number of halogens is 3. The number of benzene rings is 2. The van der Waals surface area contributed by atoms with Crippen LogP contribution in [0, 0.1) is 0 Å². The summed E-state index contributed by atoms with van der Waals surface area (Å²) in [5.41, 5.74) is -0.492. The van der Waals surface area contributed by atoms with Crippen molar-refractivity contribution in [2.45, 2.75) is 12.7 Å². The minimum Gasteiger partial charge on any atom is -0.351 e. The number of carbonyl (C=O) groups is 1. The molecule has 0 saturated heterocycles. The van der Waals surface area contributed by atoms with Crippen LogP contribution in [0.2, 0.25) is 0 Å². The lowest BCUT2D eigenvalue weighted by atomic mass is 10.1. The van der Waals surface area contributed by atoms with E-state index < -0.39 is 33.4 Å². The maximum Gasteiger partial charge on any atom is 0.417 e. The Morgan fingerprint density at radius 2 is 1.54 bits per heavy atom. The Labute approximate surface area is 161 Å². The molecule has 5 nitrogen and oxygen atoms in total. The van der Waals surface area contributed by atoms with Gasteiger partial charge in [0.15, 0.2) is 0 Å². The molecule has 0 saturated carbocycles. The van der Waals surface area contributed by atoms with E-state index in [1.54, 1.807) is 36.4 Å². The molecule has 0 aliphatic rings. The van der Waals surface area contributed by atoms with Gasteiger partial charge >= 0.3 is 6.18 Å². The van der Waals surface area contributed by atoms with Crippen molar-refractivity contribution in [3.63, 3.8) is 0 Å². The number of hydrogen-bond donors (Lipinski definition) is 2. The molecule has 28 heavy (non-hydrogen) atoms. The summed E-state index contributed by atoms with van der Waals surface area (Å²) in [6.07, 6.45) is -4.29. The van der Waals surface area contributed by atoms with Crippen LogP contribution in [0.4, 0.5) is 13.2 Å². The third-order valence-corrected chi connectivity index (χ3v) is 5.00. The molecule has 2 aromatic carbocycles. The summed E-state index contributed by atoms with van der Waals surface area (Å²) in [5, 5.41) is 2.17. The van der Waals surface area contributed by atoms with E-state index in [-0.39, 0.29) is 18.7 Å². The van der Waals surface area contributed by atoms with E-state index in [0.29, 0.717) is 6.08 Å². The molecule has 0 aliphatic heterocycles. The van der Waals surface area contributed by atoms with Crippen molar-refractivity contribution in [3.05, 3.63) is 77.9 Å². The Kier molecular flexibility index (Phi) is 7.36. The zero-order valence-electron chi connectivity index (χ0n) is 14.7. The minimum atomic E-state index is -4.72. The number of carbonyl (C=O) groups excluding carboxylic acids is 1. The van der Waals surface area contributed by atoms with Gasteiger partial charge in [0.2, 0.25) is 15.9 Å². The average Bonchev–Trinajstić information content (AvgIpc) is 2.65. The number of amides is 1. The highest BCUT2D eigenvalue weighted by Gasteiger charge is 2.35. The zero-order valence-corrected chi connectivity index (χ0v) is 15.6. The third kappa shape index (κ3) is 7.16. The van der Waals surface area contributed by atoms with Crippen LogP contribution in [-0.2, 0) is 21.4 Å². The number of rotatable bonds is 8. The lowest BCUT2D eigenvalue weighted by Crippen LogP contribution is -2.34. The molecular formula is C19H19F3N2O3S. The lowest BCUT2D eigenvalue weighted by molar-refractivity contribution is -0.116. The molecule has 150 valence electrons. The molecule has 9 heteroatoms. The first kappa shape index (κ1) is 21.6. The van der Waals surface area contributed by atoms with Crippen LogP contribution in [0.3, 0.4) is 0 Å². The van der Waals surface area contributed by atoms with E-state index >= 15 is 0 Å². The average molecular weight is 412 g/mol. The monoisotopic (exact) mass is 412 g/mol. The van der Waals surface area contributed by atoms with Crippen molar-refractivity contribution in [1.29, 1.82) is 0 Å². The van der Waals surface area contributed by atoms with Gasteiger partial charge in [0.25, 0.3) is 0 Å². The Balaban J connectivity index is 1.92. The molecule has 2 rings (SSSR count). The van der Waals surface area contributed by atoms with E-state index in [1.807, 2.05) is 0 Å². The largest absolute Gasteiger partial charge is 0.417 e. The highest BCUT2D eigenvalue weighted by Crippen LogP contribution is 2.33. The second kappa shape index (κ2) is 9.52. The van der Waals surface area contributed by atoms with Crippen LogP contribution < -0.4 is 10.0 Å². The highest BCUT2D eigenvalue weighted by molar-refractivity contribution is 7.89. The predicted molar refractivity (Wildman–Crippen MR) is 101 cm³/mol. The number of sulfonamides is 1. The number of hydrogen-bond acceptors (Lipinski definition) is 3. The molecule has 0 unspecified atom stereocenters. The molecule has 0 bridgehead atoms. The first-order valence-electron chi connectivity index (χ1n) is 8.31. The first-order valence-corrected chi connectivity index (χ1v) is 9.96. The van der Waals surface area contributed by atoms with Crippen molar-refractivity contribution in [1.82, 2.24) is 10.0 Å². The van der Waals surface area contributed by atoms with E-state index in [4.69, 9.17) is 0 Å². The normalized spacial score (nSPS) is 12.6. The quantitative estimate of drug-likeness (QED) is 0.655. The van der Waals surface area contributed by atoms with Crippen molar-refractivity contribution in [3.8, 4) is 0 Å². The van der Waals surface area contributed by atoms with E-state index in [1.165, 1.54) is 24.3 Å². The number of allylic oxidation sites excluding steroid dienone is 1. The van der Waals surface area contributed by atoms with E-state index in [9.17, 15) is 26.4 Å². The Morgan fingerprint density at radius 3 is 2.11 bits per heavy atom. The van der Waals surface area contributed by atoms with Gasteiger partial charge in [0.05, 0.1) is 11.3 Å². The summed E-state index contributed by atoms with van der Waals surface area (Å²) in [6.45, 7) is -0.233. The molecule has 0 aromatic heterocycles. The van der Waals surface area contributed by atoms with Crippen LogP contribution in [0.25, 0.3) is 5.57 Å². The van der Waals surface area contributed by atoms with Crippen LogP contribution >= 0.6 is 0 Å². The van der Waals surface area contributed by atoms with Gasteiger partial charge in [0.1, 0.15) is 0 Å². The van der Waals surface area contributed by atoms with E-state index in [2.05, 4.69) is 10.0 Å². The predicted octanol–water partition coefficient (Wildman–Crippen LogP) is 2.87. The summed E-state index contributed by atoms with van der Waals surface area (Å²) in [6, 6.07) is 15.7. The molecular weight excluding hydrogens is 393 g/mol. The summed E-state index contributed by atoms with van der Waals surface area (Å²) in [7, 11) is -3.69. The van der Waals surface area contributed by atoms with Crippen molar-refractivity contribution in [2.75, 3.05) is 12.3 Å². The van der Waals surface area contributed by atoms with Gasteiger partial charge in [0, 0.05) is 19.2 Å². The fraction of sp³-hybridized carbons (Fsp3) is 0.211. The Bertz CT molecular complexity index is 912. The standard InChI is InChI=1S/C19H19F3N2O3S/c20-19(21,22)17(16-9-5-2-6-10-16)13-18(25)23-11-12-28(26,27)24-14-15-7-3-1-4-8-15/h1-10,13,24H,11-12,14H2,(H,23,25)/b17-13+. The minimum absolute atomic E-state index is 0.0866. The maximum atomic E-state index is 13.2. The van der Waals surface area contributed by atoms with Crippen molar-refractivity contribution in [2.24, 2.45) is 0 Å². The van der Waals surface area contributed by atoms with Crippen LogP contribution in [-0.4, -0.2) is 32.8 Å². The number of alkyl halides is 3. The molecule has 0 atom stereocenters. The fourth-order valence-corrected chi connectivity index (χ4v) is 3.20. The van der Waals surface area contributed by atoms with Crippen molar-refractivity contribution >= 4 is 21.5 Å². The molecule has 1 amide bonds. The lowest BCUT2D eigenvalue weighted by Gasteiger charge is -2.12. The Morgan fingerprint density at radius 1 is 0.964 bits per heavy atom. The Hall–Kier alpha value is -2.65. The van der Waals surface area contributed by atoms with Crippen LogP contribution in [0.5, 0.6) is 0 Å². The van der Waals surface area contributed by atoms with Gasteiger partial charge in [-0.15, -0.1) is 0 Å². The summed E-state index contributed by atoms with van der Waals surface area (Å²) in [4.78, 5) is 11.8. The SMILES string of the molecule is O=C(/C=C(\c1ccccc1)C(F)(F)F)NCCS(=O)(=O)NCc1ccccc1. The molecule has 0 fully saturated rings. The second-order valence-corrected chi connectivity index (χ2v) is 7.76. The second-order valence-electron chi connectivity index (χ2n) is 5.84. The van der Waals surface area contributed by atoms with Gasteiger partial charge in [-0.25, -0.2) is 13.1 Å². The molecule has 2 aromatic rings. The summed E-state index contributed by atoms with van der Waals surface area (Å²) in [5.74, 6) is -1.47. The van der Waals surface area contributed by atoms with Gasteiger partial charge in [-0.1, -0.05) is 60.7 Å². The smallest absolute Gasteiger partial charge is 0.351 e. The maximum absolute atomic E-state index is 13.2. The molecule has 0 radical (unpaired) electrons. The number of nitrogens with one attached hydrogen (secondary N) is 2. The fourth-order valence-electron chi connectivity index (χ4n) is 2.30. The van der Waals surface area contributed by atoms with Crippen molar-refractivity contribution < 1.29 is 26.4 Å². The topological polar surface area (TPSA) is 75.3 Å². The first-order chi connectivity index (χ1) is 13.2. The van der Waals surface area contributed by atoms with Crippen LogP contribution in [0.15, 0.2) is 66.7 Å². The molecule has 0 heterocycles. The zero-order chi connectivity index (χ0) is 20.6. The summed E-state index contributed by atoms with van der Waals surface area (Å²) < 4.78 is 65.8. The van der Waals surface area contributed by atoms with Gasteiger partial charge in [-0.3, -0.25) is 4.79 Å².